The number of nitrogens with zero attached hydrogens (tertiary/aromatic N) is 2. The van der Waals surface area contributed by atoms with Crippen LogP contribution in [0.3, 0.4) is 0 Å². The van der Waals surface area contributed by atoms with Crippen molar-refractivity contribution in [2.75, 3.05) is 26.2 Å². The summed E-state index contributed by atoms with van der Waals surface area (Å²) in [5.74, 6) is -3.81. The highest BCUT2D eigenvalue weighted by Gasteiger charge is 2.59. The monoisotopic (exact) mass is 259 g/mol. The van der Waals surface area contributed by atoms with Crippen LogP contribution in [0.5, 0.6) is 0 Å². The Labute approximate surface area is 104 Å². The Hall–Kier alpha value is -1.22. The fraction of sp³-hybridized carbons (Fsp3) is 0.800. The quantitative estimate of drug-likeness (QED) is 0.435. The Bertz CT molecular complexity index is 390. The van der Waals surface area contributed by atoms with Crippen LogP contribution < -0.4 is 5.73 Å². The average molecular weight is 259 g/mol. The van der Waals surface area contributed by atoms with Crippen molar-refractivity contribution >= 4 is 11.9 Å². The van der Waals surface area contributed by atoms with Gasteiger partial charge in [-0.2, -0.15) is 0 Å². The highest BCUT2D eigenvalue weighted by molar-refractivity contribution is 5.89. The number of aliphatic carboxylic acids is 1. The van der Waals surface area contributed by atoms with E-state index in [1.54, 1.807) is 0 Å². The number of carbonyl (C=O) groups excluding carboxylic acids is 1. The molecular weight excluding hydrogens is 242 g/mol. The molecule has 0 bridgehead atoms. The van der Waals surface area contributed by atoms with Crippen LogP contribution in [0.25, 0.3) is 0 Å². The number of hydrogen-bond donors (Lipinski definition) is 4. The van der Waals surface area contributed by atoms with Gasteiger partial charge >= 0.3 is 5.97 Å². The molecule has 0 saturated carbocycles. The lowest BCUT2D eigenvalue weighted by Gasteiger charge is -2.46. The molecule has 0 aliphatic carbocycles. The standard InChI is InChI=1S/C10H17N3O5/c11-1-2-12-3-4-13-7(14)5-9(17,8(15)16)6-10(12,13)18/h17-18H,1-6,11H2,(H,15,16). The number of carboxylic acid groups (broad SMARTS) is 1. The summed E-state index contributed by atoms with van der Waals surface area (Å²) in [5, 5.41) is 29.5. The topological polar surface area (TPSA) is 127 Å². The molecule has 2 atom stereocenters. The van der Waals surface area contributed by atoms with Gasteiger partial charge in [-0.15, -0.1) is 0 Å². The molecule has 0 aromatic heterocycles. The molecule has 2 heterocycles. The molecule has 2 aliphatic rings. The maximum atomic E-state index is 11.8. The van der Waals surface area contributed by atoms with E-state index in [4.69, 9.17) is 10.8 Å². The second-order valence-electron chi connectivity index (χ2n) is 4.79. The van der Waals surface area contributed by atoms with Gasteiger partial charge in [0.1, 0.15) is 0 Å². The van der Waals surface area contributed by atoms with Crippen LogP contribution in [0.15, 0.2) is 0 Å². The zero-order valence-corrected chi connectivity index (χ0v) is 9.87. The minimum atomic E-state index is -2.22. The third-order valence-electron chi connectivity index (χ3n) is 3.60. The minimum Gasteiger partial charge on any atom is -0.479 e. The van der Waals surface area contributed by atoms with Crippen molar-refractivity contribution in [3.05, 3.63) is 0 Å². The van der Waals surface area contributed by atoms with E-state index in [0.29, 0.717) is 19.6 Å². The SMILES string of the molecule is NCCN1CCN2C(=O)CC(O)(C(=O)O)CC12O. The Morgan fingerprint density at radius 1 is 1.39 bits per heavy atom. The van der Waals surface area contributed by atoms with Crippen LogP contribution in [0, 0.1) is 0 Å². The van der Waals surface area contributed by atoms with Crippen molar-refractivity contribution in [3.63, 3.8) is 0 Å². The molecule has 18 heavy (non-hydrogen) atoms. The summed E-state index contributed by atoms with van der Waals surface area (Å²) in [6.45, 7) is 1.33. The molecule has 0 radical (unpaired) electrons. The van der Waals surface area contributed by atoms with Gasteiger partial charge in [-0.05, 0) is 0 Å². The first-order valence-electron chi connectivity index (χ1n) is 5.77. The van der Waals surface area contributed by atoms with Crippen molar-refractivity contribution in [1.29, 1.82) is 0 Å². The summed E-state index contributed by atoms with van der Waals surface area (Å²) in [6, 6.07) is 0. The predicted octanol–water partition coefficient (Wildman–Crippen LogP) is -2.66. The van der Waals surface area contributed by atoms with Gasteiger partial charge in [0, 0.05) is 26.2 Å². The van der Waals surface area contributed by atoms with E-state index in [1.807, 2.05) is 0 Å². The highest BCUT2D eigenvalue weighted by Crippen LogP contribution is 2.39. The third-order valence-corrected chi connectivity index (χ3v) is 3.60. The molecule has 0 aromatic rings. The summed E-state index contributed by atoms with van der Waals surface area (Å²) in [6.07, 6.45) is -0.942. The van der Waals surface area contributed by atoms with Crippen LogP contribution in [0.1, 0.15) is 12.8 Å². The van der Waals surface area contributed by atoms with E-state index in [9.17, 15) is 19.8 Å². The van der Waals surface area contributed by atoms with Gasteiger partial charge < -0.3 is 26.0 Å². The molecule has 2 rings (SSSR count). The molecule has 2 saturated heterocycles. The summed E-state index contributed by atoms with van der Waals surface area (Å²) in [5.41, 5.74) is 3.19. The maximum absolute atomic E-state index is 11.8. The Morgan fingerprint density at radius 2 is 2.06 bits per heavy atom. The molecule has 8 heteroatoms. The molecular formula is C10H17N3O5. The normalized spacial score (nSPS) is 36.8. The molecule has 5 N–H and O–H groups in total. The van der Waals surface area contributed by atoms with Crippen molar-refractivity contribution in [1.82, 2.24) is 9.80 Å². The van der Waals surface area contributed by atoms with Crippen molar-refractivity contribution < 1.29 is 24.9 Å². The van der Waals surface area contributed by atoms with Gasteiger partial charge in [-0.25, -0.2) is 4.79 Å². The molecule has 8 nitrogen and oxygen atoms in total. The summed E-state index contributed by atoms with van der Waals surface area (Å²) < 4.78 is 0. The smallest absolute Gasteiger partial charge is 0.336 e. The number of aliphatic hydroxyl groups is 2. The number of carbonyl (C=O) groups is 2. The van der Waals surface area contributed by atoms with Gasteiger partial charge in [0.15, 0.2) is 5.60 Å². The van der Waals surface area contributed by atoms with Crippen LogP contribution in [0.4, 0.5) is 0 Å². The van der Waals surface area contributed by atoms with Crippen LogP contribution >= 0.6 is 0 Å². The van der Waals surface area contributed by atoms with Gasteiger partial charge in [0.2, 0.25) is 11.8 Å². The molecule has 1 amide bonds. The lowest BCUT2D eigenvalue weighted by atomic mass is 9.87. The van der Waals surface area contributed by atoms with Gasteiger partial charge in [0.25, 0.3) is 0 Å². The lowest BCUT2D eigenvalue weighted by molar-refractivity contribution is -0.233. The van der Waals surface area contributed by atoms with Crippen LogP contribution in [0.2, 0.25) is 0 Å². The Kier molecular flexibility index (Phi) is 3.06. The number of nitrogens with two attached hydrogens (primary N) is 1. The van der Waals surface area contributed by atoms with E-state index in [2.05, 4.69) is 0 Å². The lowest BCUT2D eigenvalue weighted by Crippen LogP contribution is -2.66. The van der Waals surface area contributed by atoms with E-state index in [1.165, 1.54) is 9.80 Å². The predicted molar refractivity (Wildman–Crippen MR) is 59.1 cm³/mol. The van der Waals surface area contributed by atoms with Crippen molar-refractivity contribution in [2.45, 2.75) is 24.3 Å². The van der Waals surface area contributed by atoms with Gasteiger partial charge in [0.05, 0.1) is 12.8 Å². The van der Waals surface area contributed by atoms with E-state index < -0.39 is 36.2 Å². The van der Waals surface area contributed by atoms with Gasteiger partial charge in [-0.1, -0.05) is 0 Å². The zero-order chi connectivity index (χ0) is 13.6. The van der Waals surface area contributed by atoms with Crippen LogP contribution in [-0.2, 0) is 9.59 Å². The number of piperidine rings is 1. The average Bonchev–Trinajstić information content (AvgIpc) is 2.56. The van der Waals surface area contributed by atoms with Crippen molar-refractivity contribution in [3.8, 4) is 0 Å². The first kappa shape index (κ1) is 13.2. The van der Waals surface area contributed by atoms with E-state index in [0.717, 1.165) is 0 Å². The first-order valence-corrected chi connectivity index (χ1v) is 5.77. The van der Waals surface area contributed by atoms with Crippen molar-refractivity contribution in [2.24, 2.45) is 5.73 Å². The molecule has 2 aliphatic heterocycles. The van der Waals surface area contributed by atoms with Crippen LogP contribution in [-0.4, -0.2) is 74.6 Å². The van der Waals surface area contributed by atoms with Gasteiger partial charge in [-0.3, -0.25) is 9.69 Å². The fourth-order valence-corrected chi connectivity index (χ4v) is 2.68. The highest BCUT2D eigenvalue weighted by atomic mass is 16.4. The second-order valence-corrected chi connectivity index (χ2v) is 4.79. The van der Waals surface area contributed by atoms with E-state index in [-0.39, 0.29) is 6.54 Å². The minimum absolute atomic E-state index is 0.274. The Balaban J connectivity index is 2.31. The number of fused-ring (bicyclic) bond motifs is 1. The number of hydrogen-bond acceptors (Lipinski definition) is 6. The first-order chi connectivity index (χ1) is 8.33. The molecule has 0 spiro atoms. The molecule has 102 valence electrons. The summed E-state index contributed by atoms with van der Waals surface area (Å²) in [4.78, 5) is 25.6. The summed E-state index contributed by atoms with van der Waals surface area (Å²) in [7, 11) is 0. The molecule has 0 aromatic carbocycles. The largest absolute Gasteiger partial charge is 0.479 e. The fourth-order valence-electron chi connectivity index (χ4n) is 2.68. The summed E-state index contributed by atoms with van der Waals surface area (Å²) >= 11 is 0. The number of amides is 1. The third kappa shape index (κ3) is 1.77. The number of rotatable bonds is 3. The molecule has 2 unspecified atom stereocenters. The zero-order valence-electron chi connectivity index (χ0n) is 9.87. The Morgan fingerprint density at radius 3 is 2.61 bits per heavy atom. The number of carboxylic acids is 1. The molecule has 2 fully saturated rings. The van der Waals surface area contributed by atoms with E-state index >= 15 is 0 Å². The second kappa shape index (κ2) is 4.16. The maximum Gasteiger partial charge on any atom is 0.336 e.